The normalized spacial score (nSPS) is 12.6. The number of ether oxygens (including phenoxy) is 2. The van der Waals surface area contributed by atoms with E-state index in [1.165, 1.54) is 0 Å². The van der Waals surface area contributed by atoms with Gasteiger partial charge in [-0.2, -0.15) is 5.26 Å². The highest BCUT2D eigenvalue weighted by Gasteiger charge is 2.17. The lowest BCUT2D eigenvalue weighted by atomic mass is 10.1. The van der Waals surface area contributed by atoms with Gasteiger partial charge in [0.05, 0.1) is 24.8 Å². The number of amides is 1. The summed E-state index contributed by atoms with van der Waals surface area (Å²) in [6.07, 6.45) is -0.626. The lowest BCUT2D eigenvalue weighted by molar-refractivity contribution is -0.127. The third-order valence-electron chi connectivity index (χ3n) is 3.64. The van der Waals surface area contributed by atoms with Gasteiger partial charge in [-0.05, 0) is 55.8 Å². The van der Waals surface area contributed by atoms with Crippen molar-refractivity contribution >= 4 is 5.91 Å². The number of hydrogen-bond donors (Lipinski definition) is 1. The highest BCUT2D eigenvalue weighted by atomic mass is 16.5. The molecule has 2 aromatic carbocycles. The summed E-state index contributed by atoms with van der Waals surface area (Å²) >= 11 is 0. The number of methoxy groups -OCH3 is 1. The van der Waals surface area contributed by atoms with Crippen LogP contribution in [0.4, 0.5) is 0 Å². The second kappa shape index (κ2) is 8.02. The summed E-state index contributed by atoms with van der Waals surface area (Å²) < 4.78 is 10.7. The fourth-order valence-electron chi connectivity index (χ4n) is 2.17. The van der Waals surface area contributed by atoms with Gasteiger partial charge in [0.15, 0.2) is 6.10 Å². The molecule has 0 fully saturated rings. The van der Waals surface area contributed by atoms with E-state index in [0.29, 0.717) is 11.3 Å². The van der Waals surface area contributed by atoms with E-state index < -0.39 is 6.10 Å². The number of nitrogens with one attached hydrogen (secondary N) is 1. The van der Waals surface area contributed by atoms with E-state index in [4.69, 9.17) is 14.7 Å². The molecule has 5 nitrogen and oxygen atoms in total. The molecule has 0 aromatic heterocycles. The molecule has 0 saturated heterocycles. The van der Waals surface area contributed by atoms with Crippen LogP contribution in [0.15, 0.2) is 48.5 Å². The predicted molar refractivity (Wildman–Crippen MR) is 90.8 cm³/mol. The summed E-state index contributed by atoms with van der Waals surface area (Å²) in [7, 11) is 1.59. The van der Waals surface area contributed by atoms with Gasteiger partial charge in [0.2, 0.25) is 0 Å². The number of hydrogen-bond acceptors (Lipinski definition) is 4. The van der Waals surface area contributed by atoms with E-state index in [9.17, 15) is 4.79 Å². The van der Waals surface area contributed by atoms with Crippen LogP contribution >= 0.6 is 0 Å². The van der Waals surface area contributed by atoms with Crippen LogP contribution in [0.2, 0.25) is 0 Å². The minimum Gasteiger partial charge on any atom is -0.497 e. The van der Waals surface area contributed by atoms with Crippen molar-refractivity contribution in [2.24, 2.45) is 0 Å². The summed E-state index contributed by atoms with van der Waals surface area (Å²) in [6, 6.07) is 16.1. The first-order valence-electron chi connectivity index (χ1n) is 7.64. The van der Waals surface area contributed by atoms with Crippen molar-refractivity contribution < 1.29 is 14.3 Å². The summed E-state index contributed by atoms with van der Waals surface area (Å²) in [6.45, 7) is 3.59. The van der Waals surface area contributed by atoms with Crippen molar-refractivity contribution in [3.63, 3.8) is 0 Å². The minimum atomic E-state index is -0.626. The van der Waals surface area contributed by atoms with Crippen LogP contribution in [-0.2, 0) is 4.79 Å². The molecule has 124 valence electrons. The Morgan fingerprint density at radius 3 is 2.17 bits per heavy atom. The molecule has 24 heavy (non-hydrogen) atoms. The topological polar surface area (TPSA) is 71.3 Å². The Hall–Kier alpha value is -3.00. The first-order valence-corrected chi connectivity index (χ1v) is 7.64. The maximum atomic E-state index is 12.3. The smallest absolute Gasteiger partial charge is 0.261 e. The summed E-state index contributed by atoms with van der Waals surface area (Å²) in [5.74, 6) is 1.13. The van der Waals surface area contributed by atoms with Gasteiger partial charge in [-0.3, -0.25) is 4.79 Å². The Bertz CT molecular complexity index is 718. The second-order valence-electron chi connectivity index (χ2n) is 5.40. The highest BCUT2D eigenvalue weighted by Crippen LogP contribution is 2.19. The number of carbonyl (C=O) groups excluding carboxylic acids is 1. The zero-order chi connectivity index (χ0) is 17.5. The highest BCUT2D eigenvalue weighted by molar-refractivity contribution is 5.81. The van der Waals surface area contributed by atoms with Crippen molar-refractivity contribution in [1.82, 2.24) is 5.32 Å². The van der Waals surface area contributed by atoms with Gasteiger partial charge in [0.25, 0.3) is 5.91 Å². The van der Waals surface area contributed by atoms with Crippen molar-refractivity contribution in [3.8, 4) is 17.6 Å². The molecular formula is C19H20N2O3. The Balaban J connectivity index is 1.93. The van der Waals surface area contributed by atoms with Crippen LogP contribution in [0, 0.1) is 11.3 Å². The lowest BCUT2D eigenvalue weighted by Crippen LogP contribution is -2.37. The standard InChI is InChI=1S/C19H20N2O3/c1-13(16-6-4-15(12-20)5-7-16)21-19(22)14(2)24-18-10-8-17(23-3)9-11-18/h4-11,13-14H,1-3H3,(H,21,22). The number of nitrogens with zero attached hydrogens (tertiary/aromatic N) is 1. The molecule has 0 aliphatic carbocycles. The molecule has 0 aliphatic heterocycles. The zero-order valence-corrected chi connectivity index (χ0v) is 13.9. The summed E-state index contributed by atoms with van der Waals surface area (Å²) in [4.78, 5) is 12.3. The van der Waals surface area contributed by atoms with Gasteiger partial charge < -0.3 is 14.8 Å². The fourth-order valence-corrected chi connectivity index (χ4v) is 2.17. The Labute approximate surface area is 141 Å². The van der Waals surface area contributed by atoms with Gasteiger partial charge in [-0.1, -0.05) is 12.1 Å². The number of rotatable bonds is 6. The Morgan fingerprint density at radius 2 is 1.62 bits per heavy atom. The zero-order valence-electron chi connectivity index (χ0n) is 13.9. The third-order valence-corrected chi connectivity index (χ3v) is 3.64. The SMILES string of the molecule is COc1ccc(OC(C)C(=O)NC(C)c2ccc(C#N)cc2)cc1. The molecule has 1 N–H and O–H groups in total. The maximum absolute atomic E-state index is 12.3. The fraction of sp³-hybridized carbons (Fsp3) is 0.263. The van der Waals surface area contributed by atoms with Gasteiger partial charge in [-0.15, -0.1) is 0 Å². The van der Waals surface area contributed by atoms with E-state index in [2.05, 4.69) is 11.4 Å². The van der Waals surface area contributed by atoms with Crippen LogP contribution in [0.25, 0.3) is 0 Å². The van der Waals surface area contributed by atoms with Gasteiger partial charge in [0, 0.05) is 0 Å². The van der Waals surface area contributed by atoms with Crippen LogP contribution < -0.4 is 14.8 Å². The first-order chi connectivity index (χ1) is 11.5. The minimum absolute atomic E-state index is 0.174. The molecule has 2 rings (SSSR count). The van der Waals surface area contributed by atoms with E-state index >= 15 is 0 Å². The molecule has 1 amide bonds. The molecule has 0 bridgehead atoms. The molecule has 0 aliphatic rings. The van der Waals surface area contributed by atoms with Gasteiger partial charge in [-0.25, -0.2) is 0 Å². The van der Waals surface area contributed by atoms with E-state index in [1.807, 2.05) is 19.1 Å². The monoisotopic (exact) mass is 324 g/mol. The number of carbonyl (C=O) groups is 1. The van der Waals surface area contributed by atoms with E-state index in [0.717, 1.165) is 11.3 Å². The van der Waals surface area contributed by atoms with Crippen molar-refractivity contribution in [1.29, 1.82) is 5.26 Å². The van der Waals surface area contributed by atoms with Crippen LogP contribution in [0.1, 0.15) is 31.0 Å². The van der Waals surface area contributed by atoms with Gasteiger partial charge in [0.1, 0.15) is 11.5 Å². The molecular weight excluding hydrogens is 304 g/mol. The van der Waals surface area contributed by atoms with E-state index in [1.54, 1.807) is 50.4 Å². The largest absolute Gasteiger partial charge is 0.497 e. The van der Waals surface area contributed by atoms with E-state index in [-0.39, 0.29) is 11.9 Å². The summed E-state index contributed by atoms with van der Waals surface area (Å²) in [5, 5.41) is 11.7. The molecule has 0 heterocycles. The van der Waals surface area contributed by atoms with Crippen LogP contribution in [0.5, 0.6) is 11.5 Å². The second-order valence-corrected chi connectivity index (χ2v) is 5.40. The van der Waals surface area contributed by atoms with Crippen LogP contribution in [-0.4, -0.2) is 19.1 Å². The van der Waals surface area contributed by atoms with Gasteiger partial charge >= 0.3 is 0 Å². The average Bonchev–Trinajstić information content (AvgIpc) is 2.62. The number of benzene rings is 2. The van der Waals surface area contributed by atoms with Crippen molar-refractivity contribution in [2.45, 2.75) is 26.0 Å². The first kappa shape index (κ1) is 17.4. The van der Waals surface area contributed by atoms with Crippen molar-refractivity contribution in [2.75, 3.05) is 7.11 Å². The Morgan fingerprint density at radius 1 is 1.04 bits per heavy atom. The number of nitriles is 1. The Kier molecular flexibility index (Phi) is 5.80. The maximum Gasteiger partial charge on any atom is 0.261 e. The molecule has 2 atom stereocenters. The predicted octanol–water partition coefficient (Wildman–Crippen LogP) is 3.21. The lowest BCUT2D eigenvalue weighted by Gasteiger charge is -2.19. The van der Waals surface area contributed by atoms with Crippen molar-refractivity contribution in [3.05, 3.63) is 59.7 Å². The molecule has 0 spiro atoms. The molecule has 0 saturated carbocycles. The molecule has 0 radical (unpaired) electrons. The molecule has 2 aromatic rings. The molecule has 5 heteroatoms. The van der Waals surface area contributed by atoms with Crippen LogP contribution in [0.3, 0.4) is 0 Å². The third kappa shape index (κ3) is 4.50. The molecule has 2 unspecified atom stereocenters. The average molecular weight is 324 g/mol. The summed E-state index contributed by atoms with van der Waals surface area (Å²) in [5.41, 5.74) is 1.52. The quantitative estimate of drug-likeness (QED) is 0.885.